The third-order valence-corrected chi connectivity index (χ3v) is 5.96. The smallest absolute Gasteiger partial charge is 0.262 e. The van der Waals surface area contributed by atoms with Crippen LogP contribution in [0, 0.1) is 5.82 Å². The maximum Gasteiger partial charge on any atom is 0.262 e. The largest absolute Gasteiger partial charge is 0.379 e. The minimum atomic E-state index is -1.11. The van der Waals surface area contributed by atoms with E-state index >= 15 is 0 Å². The maximum atomic E-state index is 14.8. The van der Waals surface area contributed by atoms with Crippen LogP contribution >= 0.6 is 0 Å². The molecule has 5 amide bonds. The Morgan fingerprint density at radius 2 is 1.69 bits per heavy atom. The minimum Gasteiger partial charge on any atom is -0.379 e. The number of anilines is 1. The van der Waals surface area contributed by atoms with E-state index in [4.69, 9.17) is 4.74 Å². The SMILES string of the molecule is CCOCC(=O)NCc1ccc(CNc2cc3c(cc2F)C(=O)N(C2CCC(=O)NC2=O)C3=O)cc1. The number of carbonyl (C=O) groups is 5. The summed E-state index contributed by atoms with van der Waals surface area (Å²) in [6.07, 6.45) is 0.0271. The zero-order valence-electron chi connectivity index (χ0n) is 19.6. The molecule has 2 heterocycles. The molecule has 2 aromatic rings. The molecule has 11 heteroatoms. The Morgan fingerprint density at radius 1 is 1.06 bits per heavy atom. The summed E-state index contributed by atoms with van der Waals surface area (Å²) in [7, 11) is 0. The van der Waals surface area contributed by atoms with Crippen LogP contribution < -0.4 is 16.0 Å². The van der Waals surface area contributed by atoms with Crippen molar-refractivity contribution in [3.8, 4) is 0 Å². The summed E-state index contributed by atoms with van der Waals surface area (Å²) < 4.78 is 19.8. The van der Waals surface area contributed by atoms with Crippen molar-refractivity contribution in [3.05, 3.63) is 64.5 Å². The molecular formula is C25H25FN4O6. The van der Waals surface area contributed by atoms with E-state index in [-0.39, 0.29) is 48.7 Å². The summed E-state index contributed by atoms with van der Waals surface area (Å²) in [5.41, 5.74) is 1.61. The van der Waals surface area contributed by atoms with Crippen LogP contribution in [0.2, 0.25) is 0 Å². The number of benzene rings is 2. The Balaban J connectivity index is 1.40. The van der Waals surface area contributed by atoms with Crippen LogP contribution in [-0.4, -0.2) is 53.7 Å². The highest BCUT2D eigenvalue weighted by molar-refractivity contribution is 6.23. The fourth-order valence-electron chi connectivity index (χ4n) is 4.04. The van der Waals surface area contributed by atoms with Gasteiger partial charge >= 0.3 is 0 Å². The number of carbonyl (C=O) groups excluding carboxylic acids is 5. The highest BCUT2D eigenvalue weighted by Gasteiger charge is 2.45. The first-order valence-corrected chi connectivity index (χ1v) is 11.5. The number of imide groups is 2. The normalized spacial score (nSPS) is 17.2. The predicted molar refractivity (Wildman–Crippen MR) is 125 cm³/mol. The van der Waals surface area contributed by atoms with Gasteiger partial charge in [0.2, 0.25) is 17.7 Å². The highest BCUT2D eigenvalue weighted by Crippen LogP contribution is 2.31. The van der Waals surface area contributed by atoms with Crippen molar-refractivity contribution in [2.45, 2.75) is 38.9 Å². The van der Waals surface area contributed by atoms with Crippen molar-refractivity contribution in [3.63, 3.8) is 0 Å². The minimum absolute atomic E-state index is 0.00338. The first-order chi connectivity index (χ1) is 17.3. The van der Waals surface area contributed by atoms with Crippen LogP contribution in [0.25, 0.3) is 0 Å². The van der Waals surface area contributed by atoms with Gasteiger partial charge in [-0.05, 0) is 36.6 Å². The van der Waals surface area contributed by atoms with Crippen LogP contribution in [-0.2, 0) is 32.2 Å². The van der Waals surface area contributed by atoms with Crippen molar-refractivity contribution in [1.29, 1.82) is 0 Å². The molecule has 1 fully saturated rings. The summed E-state index contributed by atoms with van der Waals surface area (Å²) in [4.78, 5) is 61.7. The van der Waals surface area contributed by atoms with Gasteiger partial charge in [0.25, 0.3) is 11.8 Å². The Kier molecular flexibility index (Phi) is 7.39. The van der Waals surface area contributed by atoms with Crippen LogP contribution in [0.3, 0.4) is 0 Å². The lowest BCUT2D eigenvalue weighted by molar-refractivity contribution is -0.136. The van der Waals surface area contributed by atoms with E-state index in [1.807, 2.05) is 31.2 Å². The molecule has 3 N–H and O–H groups in total. The van der Waals surface area contributed by atoms with Gasteiger partial charge in [-0.1, -0.05) is 24.3 Å². The molecule has 36 heavy (non-hydrogen) atoms. The van der Waals surface area contributed by atoms with Gasteiger partial charge in [-0.2, -0.15) is 0 Å². The summed E-state index contributed by atoms with van der Waals surface area (Å²) in [6, 6.07) is 8.44. The molecule has 1 atom stereocenters. The molecule has 2 aliphatic rings. The molecule has 2 aliphatic heterocycles. The maximum absolute atomic E-state index is 14.8. The van der Waals surface area contributed by atoms with Crippen LogP contribution in [0.5, 0.6) is 0 Å². The molecule has 4 rings (SSSR count). The van der Waals surface area contributed by atoms with Crippen molar-refractivity contribution in [1.82, 2.24) is 15.5 Å². The first kappa shape index (κ1) is 25.0. The van der Waals surface area contributed by atoms with Gasteiger partial charge in [-0.15, -0.1) is 0 Å². The van der Waals surface area contributed by atoms with E-state index < -0.39 is 35.5 Å². The van der Waals surface area contributed by atoms with Crippen molar-refractivity contribution in [2.24, 2.45) is 0 Å². The third-order valence-electron chi connectivity index (χ3n) is 5.96. The number of nitrogens with one attached hydrogen (secondary N) is 3. The molecule has 0 bridgehead atoms. The summed E-state index contributed by atoms with van der Waals surface area (Å²) >= 11 is 0. The fraction of sp³-hybridized carbons (Fsp3) is 0.320. The van der Waals surface area contributed by atoms with Crippen LogP contribution in [0.4, 0.5) is 10.1 Å². The Hall–Kier alpha value is -4.12. The number of hydrogen-bond donors (Lipinski definition) is 3. The second kappa shape index (κ2) is 10.6. The monoisotopic (exact) mass is 496 g/mol. The average Bonchev–Trinajstić information content (AvgIpc) is 3.09. The second-order valence-electron chi connectivity index (χ2n) is 8.41. The van der Waals surface area contributed by atoms with Gasteiger partial charge in [0.05, 0.1) is 16.8 Å². The summed E-state index contributed by atoms with van der Waals surface area (Å²) in [5, 5.41) is 7.80. The van der Waals surface area contributed by atoms with Crippen LogP contribution in [0.15, 0.2) is 36.4 Å². The number of ether oxygens (including phenoxy) is 1. The van der Waals surface area contributed by atoms with Gasteiger partial charge < -0.3 is 15.4 Å². The van der Waals surface area contributed by atoms with E-state index in [2.05, 4.69) is 16.0 Å². The number of piperidine rings is 1. The zero-order chi connectivity index (χ0) is 25.8. The molecule has 10 nitrogen and oxygen atoms in total. The van der Waals surface area contributed by atoms with Gasteiger partial charge in [0.1, 0.15) is 18.5 Å². The molecule has 0 aromatic heterocycles. The van der Waals surface area contributed by atoms with Crippen molar-refractivity contribution < 1.29 is 33.1 Å². The Bertz CT molecular complexity index is 1230. The average molecular weight is 496 g/mol. The molecule has 188 valence electrons. The molecule has 0 aliphatic carbocycles. The molecular weight excluding hydrogens is 471 g/mol. The van der Waals surface area contributed by atoms with E-state index in [1.54, 1.807) is 0 Å². The number of hydrogen-bond acceptors (Lipinski definition) is 7. The lowest BCUT2D eigenvalue weighted by Crippen LogP contribution is -2.54. The lowest BCUT2D eigenvalue weighted by Gasteiger charge is -2.27. The standard InChI is InChI=1S/C25H25FN4O6/c1-2-36-13-22(32)28-12-15-5-3-14(4-6-15)11-27-19-10-17-16(9-18(19)26)24(34)30(25(17)35)20-7-8-21(31)29-23(20)33/h3-6,9-10,20,27H,2,7-8,11-13H2,1H3,(H,28,32)(H,29,31,33). The van der Waals surface area contributed by atoms with Crippen LogP contribution in [0.1, 0.15) is 51.6 Å². The fourth-order valence-corrected chi connectivity index (χ4v) is 4.04. The lowest BCUT2D eigenvalue weighted by atomic mass is 10.0. The number of rotatable bonds is 9. The number of halogens is 1. The summed E-state index contributed by atoms with van der Waals surface area (Å²) in [6.45, 7) is 2.86. The first-order valence-electron chi connectivity index (χ1n) is 11.5. The van der Waals surface area contributed by atoms with Crippen molar-refractivity contribution >= 4 is 35.2 Å². The van der Waals surface area contributed by atoms with Gasteiger partial charge in [0.15, 0.2) is 0 Å². The molecule has 2 aromatic carbocycles. The Labute approximate surface area is 206 Å². The highest BCUT2D eigenvalue weighted by atomic mass is 19.1. The molecule has 0 radical (unpaired) electrons. The van der Waals surface area contributed by atoms with Crippen molar-refractivity contribution in [2.75, 3.05) is 18.5 Å². The van der Waals surface area contributed by atoms with Gasteiger partial charge in [-0.3, -0.25) is 34.2 Å². The molecule has 0 saturated carbocycles. The van der Waals surface area contributed by atoms with Gasteiger partial charge in [0, 0.05) is 26.1 Å². The Morgan fingerprint density at radius 3 is 2.33 bits per heavy atom. The topological polar surface area (TPSA) is 134 Å². The summed E-state index contributed by atoms with van der Waals surface area (Å²) in [5.74, 6) is -3.59. The van der Waals surface area contributed by atoms with E-state index in [0.29, 0.717) is 13.2 Å². The number of nitrogens with zero attached hydrogens (tertiary/aromatic N) is 1. The zero-order valence-corrected chi connectivity index (χ0v) is 19.6. The number of fused-ring (bicyclic) bond motifs is 1. The van der Waals surface area contributed by atoms with E-state index in [9.17, 15) is 28.4 Å². The predicted octanol–water partition coefficient (Wildman–Crippen LogP) is 1.49. The number of amides is 5. The molecule has 0 spiro atoms. The van der Waals surface area contributed by atoms with E-state index in [0.717, 1.165) is 22.1 Å². The van der Waals surface area contributed by atoms with Gasteiger partial charge in [-0.25, -0.2) is 4.39 Å². The molecule has 1 saturated heterocycles. The van der Waals surface area contributed by atoms with E-state index in [1.165, 1.54) is 6.07 Å². The third kappa shape index (κ3) is 5.25. The second-order valence-corrected chi connectivity index (χ2v) is 8.41. The molecule has 1 unspecified atom stereocenters. The quantitative estimate of drug-likeness (QED) is 0.448.